The Kier molecular flexibility index (Phi) is 2.33. The van der Waals surface area contributed by atoms with E-state index in [1.165, 1.54) is 0 Å². The molecule has 8 heavy (non-hydrogen) atoms. The van der Waals surface area contributed by atoms with Gasteiger partial charge in [0.25, 0.3) is 0 Å². The topological polar surface area (TPSA) is 27.7 Å². The summed E-state index contributed by atoms with van der Waals surface area (Å²) in [4.78, 5) is 0. The van der Waals surface area contributed by atoms with Crippen molar-refractivity contribution in [3.63, 3.8) is 0 Å². The van der Waals surface area contributed by atoms with Crippen LogP contribution in [0.25, 0.3) is 0 Å². The molecule has 0 aliphatic carbocycles. The molecule has 1 saturated heterocycles. The molecule has 0 bridgehead atoms. The van der Waals surface area contributed by atoms with Crippen molar-refractivity contribution in [1.82, 2.24) is 0 Å². The van der Waals surface area contributed by atoms with E-state index < -0.39 is 0 Å². The van der Waals surface area contributed by atoms with Gasteiger partial charge in [0.2, 0.25) is 0 Å². The van der Waals surface area contributed by atoms with E-state index in [9.17, 15) is 0 Å². The Morgan fingerprint density at radius 3 is 3.25 bits per heavy atom. The van der Waals surface area contributed by atoms with Crippen molar-refractivity contribution in [3.05, 3.63) is 0 Å². The van der Waals surface area contributed by atoms with E-state index in [4.69, 9.17) is 14.0 Å². The lowest BCUT2D eigenvalue weighted by atomic mass is 10.4. The molecule has 0 unspecified atom stereocenters. The molecule has 0 N–H and O–H groups in total. The number of hydrogen-bond acceptors (Lipinski definition) is 3. The Hall–Kier alpha value is -0.0551. The van der Waals surface area contributed by atoms with Crippen LogP contribution in [0.5, 0.6) is 0 Å². The van der Waals surface area contributed by atoms with Gasteiger partial charge in [0, 0.05) is 7.11 Å². The van der Waals surface area contributed by atoms with Crippen molar-refractivity contribution < 1.29 is 14.0 Å². The maximum atomic E-state index is 5.05. The standard InChI is InChI=1S/C4H9BO3/c1-6-2-4-3-7-5-8-4/h4-5H,2-3H2,1H3/t4-/m1/s1. The van der Waals surface area contributed by atoms with E-state index in [0.717, 1.165) is 0 Å². The van der Waals surface area contributed by atoms with Crippen LogP contribution < -0.4 is 0 Å². The van der Waals surface area contributed by atoms with Gasteiger partial charge in [-0.25, -0.2) is 0 Å². The molecule has 4 heteroatoms. The summed E-state index contributed by atoms with van der Waals surface area (Å²) in [7, 11) is 2.08. The van der Waals surface area contributed by atoms with Gasteiger partial charge in [0.1, 0.15) is 0 Å². The first kappa shape index (κ1) is 6.07. The summed E-state index contributed by atoms with van der Waals surface area (Å²) in [6, 6.07) is 0. The zero-order chi connectivity index (χ0) is 5.82. The van der Waals surface area contributed by atoms with Gasteiger partial charge in [0.15, 0.2) is 0 Å². The van der Waals surface area contributed by atoms with E-state index in [2.05, 4.69) is 0 Å². The van der Waals surface area contributed by atoms with Crippen LogP contribution in [0.15, 0.2) is 0 Å². The maximum Gasteiger partial charge on any atom is 0.438 e. The Morgan fingerprint density at radius 1 is 1.88 bits per heavy atom. The first-order chi connectivity index (χ1) is 3.93. The smallest absolute Gasteiger partial charge is 0.411 e. The average molecular weight is 116 g/mol. The van der Waals surface area contributed by atoms with Crippen molar-refractivity contribution in [2.24, 2.45) is 0 Å². The minimum atomic E-state index is 0.167. The summed E-state index contributed by atoms with van der Waals surface area (Å²) in [6.07, 6.45) is 0.167. The van der Waals surface area contributed by atoms with Gasteiger partial charge in [0.05, 0.1) is 19.3 Å². The first-order valence-electron chi connectivity index (χ1n) is 2.62. The molecule has 0 aromatic carbocycles. The number of methoxy groups -OCH3 is 1. The number of ether oxygens (including phenoxy) is 1. The summed E-state index contributed by atoms with van der Waals surface area (Å²) >= 11 is 0. The summed E-state index contributed by atoms with van der Waals surface area (Å²) in [6.45, 7) is 1.31. The number of hydrogen-bond donors (Lipinski definition) is 0. The summed E-state index contributed by atoms with van der Waals surface area (Å²) in [5.74, 6) is 0. The van der Waals surface area contributed by atoms with Crippen LogP contribution in [0.3, 0.4) is 0 Å². The second-order valence-electron chi connectivity index (χ2n) is 1.73. The van der Waals surface area contributed by atoms with Crippen LogP contribution in [0.4, 0.5) is 0 Å². The molecule has 46 valence electrons. The van der Waals surface area contributed by atoms with Gasteiger partial charge in [-0.05, 0) is 0 Å². The molecule has 1 heterocycles. The Bertz CT molecular complexity index is 62.3. The monoisotopic (exact) mass is 116 g/mol. The minimum Gasteiger partial charge on any atom is -0.411 e. The normalized spacial score (nSPS) is 27.9. The minimum absolute atomic E-state index is 0.167. The van der Waals surface area contributed by atoms with E-state index in [1.807, 2.05) is 0 Å². The van der Waals surface area contributed by atoms with Gasteiger partial charge in [-0.1, -0.05) is 0 Å². The zero-order valence-corrected chi connectivity index (χ0v) is 4.92. The quantitative estimate of drug-likeness (QED) is 0.447. The van der Waals surface area contributed by atoms with Crippen LogP contribution in [-0.4, -0.2) is 34.1 Å². The van der Waals surface area contributed by atoms with Gasteiger partial charge in [-0.3, -0.25) is 0 Å². The van der Waals surface area contributed by atoms with Crippen molar-refractivity contribution in [2.45, 2.75) is 6.10 Å². The molecular weight excluding hydrogens is 107 g/mol. The third-order valence-corrected chi connectivity index (χ3v) is 1.04. The van der Waals surface area contributed by atoms with Gasteiger partial charge < -0.3 is 14.0 Å². The van der Waals surface area contributed by atoms with Crippen molar-refractivity contribution >= 4 is 7.69 Å². The van der Waals surface area contributed by atoms with Gasteiger partial charge in [-0.15, -0.1) is 0 Å². The lowest BCUT2D eigenvalue weighted by molar-refractivity contribution is 0.0949. The zero-order valence-electron chi connectivity index (χ0n) is 4.92. The second kappa shape index (κ2) is 3.07. The highest BCUT2D eigenvalue weighted by Crippen LogP contribution is 1.99. The third kappa shape index (κ3) is 1.47. The highest BCUT2D eigenvalue weighted by atomic mass is 16.6. The molecule has 1 aliphatic rings. The molecule has 1 aliphatic heterocycles. The Balaban J connectivity index is 2.06. The molecule has 0 amide bonds. The fourth-order valence-corrected chi connectivity index (χ4v) is 0.654. The predicted octanol–water partition coefficient (Wildman–Crippen LogP) is -0.685. The van der Waals surface area contributed by atoms with Crippen LogP contribution in [0.2, 0.25) is 0 Å². The predicted molar refractivity (Wildman–Crippen MR) is 29.8 cm³/mol. The molecule has 3 nitrogen and oxygen atoms in total. The van der Waals surface area contributed by atoms with Crippen molar-refractivity contribution in [3.8, 4) is 0 Å². The molecule has 0 spiro atoms. The lowest BCUT2D eigenvalue weighted by Crippen LogP contribution is -2.16. The highest BCUT2D eigenvalue weighted by molar-refractivity contribution is 6.18. The highest BCUT2D eigenvalue weighted by Gasteiger charge is 2.15. The Morgan fingerprint density at radius 2 is 2.75 bits per heavy atom. The molecule has 0 aromatic heterocycles. The van der Waals surface area contributed by atoms with E-state index in [0.29, 0.717) is 20.9 Å². The van der Waals surface area contributed by atoms with Crippen molar-refractivity contribution in [1.29, 1.82) is 0 Å². The maximum absolute atomic E-state index is 5.05. The molecule has 0 aromatic rings. The second-order valence-corrected chi connectivity index (χ2v) is 1.73. The molecule has 1 atom stereocenters. The van der Waals surface area contributed by atoms with E-state index >= 15 is 0 Å². The molecule has 1 rings (SSSR count). The van der Waals surface area contributed by atoms with Gasteiger partial charge in [-0.2, -0.15) is 0 Å². The summed E-state index contributed by atoms with van der Waals surface area (Å²) in [5.41, 5.74) is 0. The first-order valence-corrected chi connectivity index (χ1v) is 2.62. The summed E-state index contributed by atoms with van der Waals surface area (Å²) < 4.78 is 14.8. The Labute approximate surface area is 49.2 Å². The molecular formula is C4H9BO3. The fourth-order valence-electron chi connectivity index (χ4n) is 0.654. The van der Waals surface area contributed by atoms with Crippen LogP contribution in [-0.2, 0) is 14.0 Å². The van der Waals surface area contributed by atoms with Crippen molar-refractivity contribution in [2.75, 3.05) is 20.3 Å². The SMILES string of the molecule is COC[C@@H]1COBO1. The molecule has 0 saturated carbocycles. The largest absolute Gasteiger partial charge is 0.438 e. The summed E-state index contributed by atoms with van der Waals surface area (Å²) in [5, 5.41) is 0. The third-order valence-electron chi connectivity index (χ3n) is 1.04. The van der Waals surface area contributed by atoms with Crippen LogP contribution in [0, 0.1) is 0 Å². The van der Waals surface area contributed by atoms with Crippen LogP contribution >= 0.6 is 0 Å². The fraction of sp³-hybridized carbons (Fsp3) is 1.00. The van der Waals surface area contributed by atoms with Crippen LogP contribution in [0.1, 0.15) is 0 Å². The van der Waals surface area contributed by atoms with Gasteiger partial charge >= 0.3 is 7.69 Å². The molecule has 0 radical (unpaired) electrons. The average Bonchev–Trinajstić information content (AvgIpc) is 2.19. The molecule has 1 fully saturated rings. The lowest BCUT2D eigenvalue weighted by Gasteiger charge is -2.04. The number of rotatable bonds is 2. The van der Waals surface area contributed by atoms with E-state index in [1.54, 1.807) is 7.11 Å². The van der Waals surface area contributed by atoms with E-state index in [-0.39, 0.29) is 6.10 Å².